The first-order valence-electron chi connectivity index (χ1n) is 10.4. The number of nitrogens with zero attached hydrogens (tertiary/aromatic N) is 4. The summed E-state index contributed by atoms with van der Waals surface area (Å²) in [4.78, 5) is 12.3. The molecule has 5 rings (SSSR count). The highest BCUT2D eigenvalue weighted by molar-refractivity contribution is 6.30. The molecule has 0 atom stereocenters. The van der Waals surface area contributed by atoms with Crippen molar-refractivity contribution in [1.82, 2.24) is 25.5 Å². The summed E-state index contributed by atoms with van der Waals surface area (Å²) in [6.07, 6.45) is 2.21. The third kappa shape index (κ3) is 4.65. The molecule has 2 N–H and O–H groups in total. The Balaban J connectivity index is 1.15. The van der Waals surface area contributed by atoms with Crippen molar-refractivity contribution in [2.45, 2.75) is 25.4 Å². The van der Waals surface area contributed by atoms with Crippen LogP contribution in [0.5, 0.6) is 0 Å². The van der Waals surface area contributed by atoms with E-state index >= 15 is 0 Å². The number of rotatable bonds is 8. The Bertz CT molecular complexity index is 1230. The number of anilines is 1. The first-order valence-corrected chi connectivity index (χ1v) is 10.8. The Kier molecular flexibility index (Phi) is 5.60. The van der Waals surface area contributed by atoms with Crippen LogP contribution in [-0.4, -0.2) is 32.7 Å². The van der Waals surface area contributed by atoms with Crippen molar-refractivity contribution in [3.63, 3.8) is 0 Å². The average Bonchev–Trinajstić information content (AvgIpc) is 3.34. The summed E-state index contributed by atoms with van der Waals surface area (Å²) in [6.45, 7) is 0.450. The summed E-state index contributed by atoms with van der Waals surface area (Å²) < 4.78 is 7.68. The number of amides is 1. The van der Waals surface area contributed by atoms with E-state index in [9.17, 15) is 4.79 Å². The van der Waals surface area contributed by atoms with Crippen LogP contribution in [0.1, 0.15) is 24.6 Å². The third-order valence-corrected chi connectivity index (χ3v) is 5.46. The number of furan rings is 1. The number of benzene rings is 2. The molecule has 2 aromatic heterocycles. The van der Waals surface area contributed by atoms with Crippen molar-refractivity contribution in [2.24, 2.45) is 0 Å². The van der Waals surface area contributed by atoms with Gasteiger partial charge in [0.05, 0.1) is 19.1 Å². The molecule has 0 aliphatic heterocycles. The first-order chi connectivity index (χ1) is 15.7. The van der Waals surface area contributed by atoms with Gasteiger partial charge in [0.25, 0.3) is 0 Å². The zero-order chi connectivity index (χ0) is 21.9. The fraction of sp³-hybridized carbons (Fsp3) is 0.217. The standard InChI is InChI=1S/C23H21ClN6O2/c24-17-6-4-15(5-7-17)21-11-10-20(32-21)13-26-22(31)14-25-18-3-1-2-16(12-18)23-27-28-29-30(23)19-8-9-19/h1-7,10-12,19,25H,8-9,13-14H2,(H,26,31). The van der Waals surface area contributed by atoms with Gasteiger partial charge in [0, 0.05) is 21.8 Å². The molecule has 1 aliphatic rings. The molecule has 0 bridgehead atoms. The van der Waals surface area contributed by atoms with Crippen molar-refractivity contribution in [1.29, 1.82) is 0 Å². The lowest BCUT2D eigenvalue weighted by Crippen LogP contribution is -2.29. The molecule has 0 unspecified atom stereocenters. The predicted molar refractivity (Wildman–Crippen MR) is 121 cm³/mol. The molecule has 0 spiro atoms. The molecule has 2 heterocycles. The quantitative estimate of drug-likeness (QED) is 0.416. The van der Waals surface area contributed by atoms with Crippen LogP contribution in [-0.2, 0) is 11.3 Å². The van der Waals surface area contributed by atoms with Crippen LogP contribution in [0.15, 0.2) is 65.1 Å². The summed E-state index contributed by atoms with van der Waals surface area (Å²) in [5.74, 6) is 2.02. The zero-order valence-corrected chi connectivity index (χ0v) is 17.9. The van der Waals surface area contributed by atoms with Crippen LogP contribution < -0.4 is 10.6 Å². The molecule has 0 saturated heterocycles. The van der Waals surface area contributed by atoms with E-state index in [2.05, 4.69) is 26.2 Å². The minimum atomic E-state index is -0.136. The second-order valence-corrected chi connectivity index (χ2v) is 8.10. The van der Waals surface area contributed by atoms with Gasteiger partial charge in [0.1, 0.15) is 11.5 Å². The van der Waals surface area contributed by atoms with Crippen LogP contribution in [0.4, 0.5) is 5.69 Å². The Morgan fingerprint density at radius 1 is 1.09 bits per heavy atom. The van der Waals surface area contributed by atoms with Gasteiger partial charge in [-0.15, -0.1) is 5.10 Å². The average molecular weight is 449 g/mol. The van der Waals surface area contributed by atoms with Gasteiger partial charge in [-0.05, 0) is 71.8 Å². The maximum atomic E-state index is 12.3. The Labute approximate surface area is 189 Å². The summed E-state index contributed by atoms with van der Waals surface area (Å²) in [7, 11) is 0. The maximum Gasteiger partial charge on any atom is 0.239 e. The number of carbonyl (C=O) groups excluding carboxylic acids is 1. The fourth-order valence-electron chi connectivity index (χ4n) is 3.39. The van der Waals surface area contributed by atoms with Crippen LogP contribution in [0.2, 0.25) is 5.02 Å². The molecule has 162 valence electrons. The van der Waals surface area contributed by atoms with Crippen molar-refractivity contribution in [2.75, 3.05) is 11.9 Å². The molecule has 1 fully saturated rings. The normalized spacial score (nSPS) is 13.2. The van der Waals surface area contributed by atoms with Crippen molar-refractivity contribution >= 4 is 23.2 Å². The second kappa shape index (κ2) is 8.84. The van der Waals surface area contributed by atoms with E-state index in [0.29, 0.717) is 23.4 Å². The van der Waals surface area contributed by atoms with Crippen molar-refractivity contribution in [3.8, 4) is 22.7 Å². The van der Waals surface area contributed by atoms with Crippen LogP contribution in [0.3, 0.4) is 0 Å². The molecule has 4 aromatic rings. The third-order valence-electron chi connectivity index (χ3n) is 5.21. The minimum absolute atomic E-state index is 0.136. The smallest absolute Gasteiger partial charge is 0.239 e. The topological polar surface area (TPSA) is 97.9 Å². The van der Waals surface area contributed by atoms with Crippen LogP contribution >= 0.6 is 11.6 Å². The largest absolute Gasteiger partial charge is 0.459 e. The highest BCUT2D eigenvalue weighted by Gasteiger charge is 2.28. The number of hydrogen-bond donors (Lipinski definition) is 2. The molecule has 1 saturated carbocycles. The summed E-state index contributed by atoms with van der Waals surface area (Å²) in [5.41, 5.74) is 2.67. The number of nitrogens with one attached hydrogen (secondary N) is 2. The number of hydrogen-bond acceptors (Lipinski definition) is 6. The molecular weight excluding hydrogens is 428 g/mol. The molecule has 2 aromatic carbocycles. The lowest BCUT2D eigenvalue weighted by Gasteiger charge is -2.09. The van der Waals surface area contributed by atoms with Crippen molar-refractivity contribution < 1.29 is 9.21 Å². The molecule has 1 amide bonds. The van der Waals surface area contributed by atoms with E-state index in [1.165, 1.54) is 0 Å². The minimum Gasteiger partial charge on any atom is -0.459 e. The molecular formula is C23H21ClN6O2. The molecule has 32 heavy (non-hydrogen) atoms. The Morgan fingerprint density at radius 3 is 2.75 bits per heavy atom. The van der Waals surface area contributed by atoms with E-state index < -0.39 is 0 Å². The highest BCUT2D eigenvalue weighted by Crippen LogP contribution is 2.36. The first kappa shape index (κ1) is 20.3. The number of carbonyl (C=O) groups is 1. The summed E-state index contributed by atoms with van der Waals surface area (Å²) in [5, 5.41) is 18.7. The van der Waals surface area contributed by atoms with E-state index in [-0.39, 0.29) is 12.5 Å². The SMILES string of the molecule is O=C(CNc1cccc(-c2nnnn2C2CC2)c1)NCc1ccc(-c2ccc(Cl)cc2)o1. The van der Waals surface area contributed by atoms with E-state index in [4.69, 9.17) is 16.0 Å². The van der Waals surface area contributed by atoms with Crippen molar-refractivity contribution in [3.05, 3.63) is 71.4 Å². The highest BCUT2D eigenvalue weighted by atomic mass is 35.5. The van der Waals surface area contributed by atoms with Gasteiger partial charge in [-0.2, -0.15) is 0 Å². The van der Waals surface area contributed by atoms with Gasteiger partial charge in [-0.1, -0.05) is 23.7 Å². The Hall–Kier alpha value is -3.65. The summed E-state index contributed by atoms with van der Waals surface area (Å²) in [6, 6.07) is 19.3. The van der Waals surface area contributed by atoms with Gasteiger partial charge < -0.3 is 15.1 Å². The van der Waals surface area contributed by atoms with Gasteiger partial charge in [-0.3, -0.25) is 4.79 Å². The maximum absolute atomic E-state index is 12.3. The van der Waals surface area contributed by atoms with E-state index in [1.807, 2.05) is 65.3 Å². The lowest BCUT2D eigenvalue weighted by molar-refractivity contribution is -0.119. The van der Waals surface area contributed by atoms with Crippen LogP contribution in [0, 0.1) is 0 Å². The van der Waals surface area contributed by atoms with Gasteiger partial charge >= 0.3 is 0 Å². The Morgan fingerprint density at radius 2 is 1.94 bits per heavy atom. The van der Waals surface area contributed by atoms with Gasteiger partial charge in [-0.25, -0.2) is 4.68 Å². The van der Waals surface area contributed by atoms with E-state index in [0.717, 1.165) is 41.2 Å². The number of aromatic nitrogens is 4. The van der Waals surface area contributed by atoms with Crippen LogP contribution in [0.25, 0.3) is 22.7 Å². The number of tetrazole rings is 1. The van der Waals surface area contributed by atoms with Gasteiger partial charge in [0.15, 0.2) is 5.82 Å². The second-order valence-electron chi connectivity index (χ2n) is 7.66. The fourth-order valence-corrected chi connectivity index (χ4v) is 3.52. The lowest BCUT2D eigenvalue weighted by atomic mass is 10.2. The zero-order valence-electron chi connectivity index (χ0n) is 17.2. The monoisotopic (exact) mass is 448 g/mol. The predicted octanol–water partition coefficient (Wildman–Crippen LogP) is 4.32. The van der Waals surface area contributed by atoms with Gasteiger partial charge in [0.2, 0.25) is 5.91 Å². The molecule has 0 radical (unpaired) electrons. The number of halogens is 1. The molecule has 9 heteroatoms. The molecule has 8 nitrogen and oxygen atoms in total. The molecule has 1 aliphatic carbocycles. The summed E-state index contributed by atoms with van der Waals surface area (Å²) >= 11 is 5.93. The van der Waals surface area contributed by atoms with E-state index in [1.54, 1.807) is 0 Å².